The van der Waals surface area contributed by atoms with Crippen molar-refractivity contribution < 1.29 is 4.79 Å². The molecule has 0 unspecified atom stereocenters. The lowest BCUT2D eigenvalue weighted by molar-refractivity contribution is -0.129. The third-order valence-corrected chi connectivity index (χ3v) is 4.21. The predicted molar refractivity (Wildman–Crippen MR) is 96.0 cm³/mol. The third-order valence-electron chi connectivity index (χ3n) is 3.97. The highest BCUT2D eigenvalue weighted by molar-refractivity contribution is 6.30. The van der Waals surface area contributed by atoms with Crippen LogP contribution in [0.4, 0.5) is 17.3 Å². The van der Waals surface area contributed by atoms with Crippen molar-refractivity contribution in [3.8, 4) is 0 Å². The van der Waals surface area contributed by atoms with E-state index in [9.17, 15) is 4.79 Å². The number of carbonyl (C=O) groups excluding carboxylic acids is 1. The van der Waals surface area contributed by atoms with Crippen LogP contribution in [0, 0.1) is 6.92 Å². The van der Waals surface area contributed by atoms with Gasteiger partial charge in [0.1, 0.15) is 17.5 Å². The summed E-state index contributed by atoms with van der Waals surface area (Å²) in [5.41, 5.74) is 0.882. The summed E-state index contributed by atoms with van der Waals surface area (Å²) in [5, 5.41) is 3.94. The van der Waals surface area contributed by atoms with Crippen LogP contribution in [0.1, 0.15) is 12.7 Å². The molecule has 3 rings (SSSR count). The molecule has 0 atom stereocenters. The van der Waals surface area contributed by atoms with Gasteiger partial charge in [0.15, 0.2) is 0 Å². The van der Waals surface area contributed by atoms with E-state index < -0.39 is 0 Å². The standard InChI is InChI=1S/C17H20ClN5O/c1-12-19-16(21-15-5-3-4-14(18)10-15)11-17(20-12)23-8-6-22(7-9-23)13(2)24/h3-5,10-11H,6-9H2,1-2H3,(H,19,20,21). The Hall–Kier alpha value is -2.34. The first-order chi connectivity index (χ1) is 11.5. The van der Waals surface area contributed by atoms with Crippen molar-refractivity contribution in [2.45, 2.75) is 13.8 Å². The van der Waals surface area contributed by atoms with Crippen molar-refractivity contribution in [1.29, 1.82) is 0 Å². The third kappa shape index (κ3) is 3.94. The topological polar surface area (TPSA) is 61.4 Å². The molecular weight excluding hydrogens is 326 g/mol. The van der Waals surface area contributed by atoms with Crippen molar-refractivity contribution in [2.24, 2.45) is 0 Å². The number of benzene rings is 1. The average Bonchev–Trinajstić information content (AvgIpc) is 2.54. The van der Waals surface area contributed by atoms with Crippen LogP contribution in [0.5, 0.6) is 0 Å². The summed E-state index contributed by atoms with van der Waals surface area (Å²) in [6, 6.07) is 9.44. The van der Waals surface area contributed by atoms with E-state index in [1.54, 1.807) is 6.92 Å². The zero-order valence-electron chi connectivity index (χ0n) is 13.8. The summed E-state index contributed by atoms with van der Waals surface area (Å²) in [6.07, 6.45) is 0. The van der Waals surface area contributed by atoms with Crippen LogP contribution in [-0.2, 0) is 4.79 Å². The van der Waals surface area contributed by atoms with E-state index >= 15 is 0 Å². The summed E-state index contributed by atoms with van der Waals surface area (Å²) in [4.78, 5) is 24.4. The second-order valence-electron chi connectivity index (χ2n) is 5.79. The van der Waals surface area contributed by atoms with E-state index in [4.69, 9.17) is 11.6 Å². The van der Waals surface area contributed by atoms with Gasteiger partial charge in [-0.1, -0.05) is 17.7 Å². The first-order valence-corrected chi connectivity index (χ1v) is 8.28. The zero-order valence-corrected chi connectivity index (χ0v) is 14.5. The molecule has 6 nitrogen and oxygen atoms in total. The Kier molecular flexibility index (Phi) is 4.85. The second-order valence-corrected chi connectivity index (χ2v) is 6.22. The SMILES string of the molecule is CC(=O)N1CCN(c2cc(Nc3cccc(Cl)c3)nc(C)n2)CC1. The molecule has 24 heavy (non-hydrogen) atoms. The monoisotopic (exact) mass is 345 g/mol. The fourth-order valence-electron chi connectivity index (χ4n) is 2.74. The van der Waals surface area contributed by atoms with Crippen LogP contribution in [-0.4, -0.2) is 47.0 Å². The summed E-state index contributed by atoms with van der Waals surface area (Å²) < 4.78 is 0. The first kappa shape index (κ1) is 16.5. The molecule has 7 heteroatoms. The molecule has 1 aromatic heterocycles. The van der Waals surface area contributed by atoms with E-state index in [1.165, 1.54) is 0 Å². The van der Waals surface area contributed by atoms with Gasteiger partial charge < -0.3 is 15.1 Å². The molecule has 0 bridgehead atoms. The maximum Gasteiger partial charge on any atom is 0.219 e. The van der Waals surface area contributed by atoms with E-state index in [0.717, 1.165) is 43.5 Å². The van der Waals surface area contributed by atoms with Crippen LogP contribution >= 0.6 is 11.6 Å². The zero-order chi connectivity index (χ0) is 17.1. The van der Waals surface area contributed by atoms with Gasteiger partial charge in [-0.3, -0.25) is 4.79 Å². The number of anilines is 3. The highest BCUT2D eigenvalue weighted by atomic mass is 35.5. The molecule has 1 fully saturated rings. The molecule has 1 aromatic carbocycles. The number of halogens is 1. The Morgan fingerprint density at radius 3 is 2.58 bits per heavy atom. The van der Waals surface area contributed by atoms with Crippen molar-refractivity contribution in [1.82, 2.24) is 14.9 Å². The first-order valence-electron chi connectivity index (χ1n) is 7.90. The van der Waals surface area contributed by atoms with Crippen molar-refractivity contribution in [3.05, 3.63) is 41.2 Å². The van der Waals surface area contributed by atoms with Crippen molar-refractivity contribution in [3.63, 3.8) is 0 Å². The van der Waals surface area contributed by atoms with Gasteiger partial charge >= 0.3 is 0 Å². The van der Waals surface area contributed by atoms with E-state index in [-0.39, 0.29) is 5.91 Å². The Morgan fingerprint density at radius 2 is 1.92 bits per heavy atom. The van der Waals surface area contributed by atoms with Crippen molar-refractivity contribution in [2.75, 3.05) is 36.4 Å². The van der Waals surface area contributed by atoms with Gasteiger partial charge in [-0.2, -0.15) is 0 Å². The number of aryl methyl sites for hydroxylation is 1. The number of hydrogen-bond acceptors (Lipinski definition) is 5. The molecule has 2 aromatic rings. The number of aromatic nitrogens is 2. The summed E-state index contributed by atoms with van der Waals surface area (Å²) in [7, 11) is 0. The van der Waals surface area contributed by atoms with Gasteiger partial charge in [-0.15, -0.1) is 0 Å². The maximum atomic E-state index is 11.4. The molecule has 2 heterocycles. The number of piperazine rings is 1. The van der Waals surface area contributed by atoms with Crippen LogP contribution < -0.4 is 10.2 Å². The van der Waals surface area contributed by atoms with E-state index in [2.05, 4.69) is 20.2 Å². The van der Waals surface area contributed by atoms with Crippen LogP contribution in [0.2, 0.25) is 5.02 Å². The minimum atomic E-state index is 0.122. The molecule has 1 aliphatic heterocycles. The van der Waals surface area contributed by atoms with E-state index in [0.29, 0.717) is 10.8 Å². The number of carbonyl (C=O) groups is 1. The fraction of sp³-hybridized carbons (Fsp3) is 0.353. The molecule has 126 valence electrons. The minimum absolute atomic E-state index is 0.122. The fourth-order valence-corrected chi connectivity index (χ4v) is 2.93. The van der Waals surface area contributed by atoms with Crippen LogP contribution in [0.25, 0.3) is 0 Å². The molecule has 0 aliphatic carbocycles. The minimum Gasteiger partial charge on any atom is -0.353 e. The molecule has 0 radical (unpaired) electrons. The summed E-state index contributed by atoms with van der Waals surface area (Å²) >= 11 is 6.02. The lowest BCUT2D eigenvalue weighted by Gasteiger charge is -2.35. The molecule has 0 saturated carbocycles. The highest BCUT2D eigenvalue weighted by Gasteiger charge is 2.20. The quantitative estimate of drug-likeness (QED) is 0.926. The number of amides is 1. The van der Waals surface area contributed by atoms with Crippen LogP contribution in [0.3, 0.4) is 0 Å². The predicted octanol–water partition coefficient (Wildman–Crippen LogP) is 2.85. The van der Waals surface area contributed by atoms with E-state index in [1.807, 2.05) is 42.2 Å². The Morgan fingerprint density at radius 1 is 1.17 bits per heavy atom. The second kappa shape index (κ2) is 7.05. The Bertz CT molecular complexity index is 744. The molecule has 1 saturated heterocycles. The maximum absolute atomic E-state index is 11.4. The number of hydrogen-bond donors (Lipinski definition) is 1. The normalized spacial score (nSPS) is 14.6. The summed E-state index contributed by atoms with van der Waals surface area (Å²) in [6.45, 7) is 6.46. The molecule has 0 spiro atoms. The average molecular weight is 346 g/mol. The van der Waals surface area contributed by atoms with Gasteiger partial charge in [0.2, 0.25) is 5.91 Å². The van der Waals surface area contributed by atoms with Crippen molar-refractivity contribution >= 4 is 34.8 Å². The lowest BCUT2D eigenvalue weighted by atomic mass is 10.3. The highest BCUT2D eigenvalue weighted by Crippen LogP contribution is 2.22. The number of rotatable bonds is 3. The molecular formula is C17H20ClN5O. The Labute approximate surface area is 146 Å². The Balaban J connectivity index is 1.76. The number of nitrogens with one attached hydrogen (secondary N) is 1. The van der Waals surface area contributed by atoms with Gasteiger partial charge in [0.05, 0.1) is 0 Å². The van der Waals surface area contributed by atoms with Gasteiger partial charge in [0, 0.05) is 49.9 Å². The molecule has 1 N–H and O–H groups in total. The summed E-state index contributed by atoms with van der Waals surface area (Å²) in [5.74, 6) is 2.42. The van der Waals surface area contributed by atoms with Crippen LogP contribution in [0.15, 0.2) is 30.3 Å². The van der Waals surface area contributed by atoms with Gasteiger partial charge in [0.25, 0.3) is 0 Å². The van der Waals surface area contributed by atoms with Gasteiger partial charge in [-0.05, 0) is 25.1 Å². The lowest BCUT2D eigenvalue weighted by Crippen LogP contribution is -2.48. The number of nitrogens with zero attached hydrogens (tertiary/aromatic N) is 4. The molecule has 1 aliphatic rings. The largest absolute Gasteiger partial charge is 0.353 e. The smallest absolute Gasteiger partial charge is 0.219 e. The van der Waals surface area contributed by atoms with Gasteiger partial charge in [-0.25, -0.2) is 9.97 Å². The molecule has 1 amide bonds.